The summed E-state index contributed by atoms with van der Waals surface area (Å²) in [6.45, 7) is 0.471. The van der Waals surface area contributed by atoms with Crippen LogP contribution in [0.2, 0.25) is 0 Å². The van der Waals surface area contributed by atoms with Crippen molar-refractivity contribution in [3.05, 3.63) is 24.3 Å². The van der Waals surface area contributed by atoms with E-state index in [4.69, 9.17) is 9.84 Å². The summed E-state index contributed by atoms with van der Waals surface area (Å²) in [5, 5.41) is 11.7. The number of amides is 2. The first-order valence-electron chi connectivity index (χ1n) is 6.06. The Morgan fingerprint density at radius 3 is 2.63 bits per heavy atom. The number of carbonyl (C=O) groups excluding carboxylic acids is 1. The number of carboxylic acid groups (broad SMARTS) is 1. The molecule has 0 aromatic heterocycles. The first-order valence-corrected chi connectivity index (χ1v) is 6.06. The van der Waals surface area contributed by atoms with Gasteiger partial charge in [-0.15, -0.1) is 0 Å². The predicted octanol–water partition coefficient (Wildman–Crippen LogP) is 1.78. The van der Waals surface area contributed by atoms with Crippen LogP contribution in [0.15, 0.2) is 24.3 Å². The molecule has 1 aliphatic heterocycles. The molecule has 0 unspecified atom stereocenters. The molecule has 102 valence electrons. The van der Waals surface area contributed by atoms with Crippen molar-refractivity contribution >= 4 is 17.7 Å². The van der Waals surface area contributed by atoms with Crippen molar-refractivity contribution in [3.63, 3.8) is 0 Å². The van der Waals surface area contributed by atoms with Crippen molar-refractivity contribution in [2.24, 2.45) is 0 Å². The molecule has 6 nitrogen and oxygen atoms in total. The van der Waals surface area contributed by atoms with Gasteiger partial charge in [-0.1, -0.05) is 0 Å². The van der Waals surface area contributed by atoms with Gasteiger partial charge < -0.3 is 20.1 Å². The number of anilines is 1. The number of methoxy groups -OCH3 is 1. The van der Waals surface area contributed by atoms with E-state index >= 15 is 0 Å². The highest BCUT2D eigenvalue weighted by molar-refractivity contribution is 5.92. The van der Waals surface area contributed by atoms with Crippen molar-refractivity contribution in [1.29, 1.82) is 0 Å². The van der Waals surface area contributed by atoms with E-state index in [0.29, 0.717) is 30.8 Å². The molecule has 2 amide bonds. The van der Waals surface area contributed by atoms with Crippen molar-refractivity contribution in [2.45, 2.75) is 18.9 Å². The van der Waals surface area contributed by atoms with E-state index in [1.54, 1.807) is 31.4 Å². The molecule has 1 aromatic carbocycles. The summed E-state index contributed by atoms with van der Waals surface area (Å²) in [5.41, 5.74) is 0.613. The van der Waals surface area contributed by atoms with Gasteiger partial charge in [0.15, 0.2) is 0 Å². The average molecular weight is 264 g/mol. The Morgan fingerprint density at radius 1 is 1.37 bits per heavy atom. The maximum absolute atomic E-state index is 12.0. The van der Waals surface area contributed by atoms with Crippen molar-refractivity contribution in [2.75, 3.05) is 19.0 Å². The summed E-state index contributed by atoms with van der Waals surface area (Å²) in [6.07, 6.45) is 1.22. The lowest BCUT2D eigenvalue weighted by Crippen LogP contribution is -2.42. The molecule has 1 aliphatic rings. The SMILES string of the molecule is COc1ccc(NC(=O)N2CCC[C@H]2C(=O)O)cc1. The third-order valence-corrected chi connectivity index (χ3v) is 3.14. The van der Waals surface area contributed by atoms with Gasteiger partial charge in [0.25, 0.3) is 0 Å². The molecule has 2 N–H and O–H groups in total. The minimum Gasteiger partial charge on any atom is -0.497 e. The molecule has 1 saturated heterocycles. The van der Waals surface area contributed by atoms with Gasteiger partial charge in [-0.2, -0.15) is 0 Å². The number of urea groups is 1. The molecule has 0 bridgehead atoms. The van der Waals surface area contributed by atoms with Crippen LogP contribution in [0.5, 0.6) is 5.75 Å². The standard InChI is InChI=1S/C13H16N2O4/c1-19-10-6-4-9(5-7-10)14-13(18)15-8-2-3-11(15)12(16)17/h4-7,11H,2-3,8H2,1H3,(H,14,18)(H,16,17)/t11-/m0/s1. The fraction of sp³-hybridized carbons (Fsp3) is 0.385. The van der Waals surface area contributed by atoms with E-state index in [1.807, 2.05) is 0 Å². The van der Waals surface area contributed by atoms with Crippen LogP contribution in [0.3, 0.4) is 0 Å². The van der Waals surface area contributed by atoms with Crippen LogP contribution in [0.4, 0.5) is 10.5 Å². The Kier molecular flexibility index (Phi) is 3.89. The second-order valence-corrected chi connectivity index (χ2v) is 4.35. The Labute approximate surface area is 111 Å². The summed E-state index contributed by atoms with van der Waals surface area (Å²) in [7, 11) is 1.56. The summed E-state index contributed by atoms with van der Waals surface area (Å²) < 4.78 is 5.02. The molecule has 0 aliphatic carbocycles. The van der Waals surface area contributed by atoms with Gasteiger partial charge in [0.2, 0.25) is 0 Å². The first kappa shape index (κ1) is 13.2. The number of carbonyl (C=O) groups is 2. The monoisotopic (exact) mass is 264 g/mol. The van der Waals surface area contributed by atoms with E-state index in [0.717, 1.165) is 0 Å². The Morgan fingerprint density at radius 2 is 2.05 bits per heavy atom. The van der Waals surface area contributed by atoms with E-state index in [-0.39, 0.29) is 6.03 Å². The van der Waals surface area contributed by atoms with Gasteiger partial charge in [0.05, 0.1) is 7.11 Å². The minimum atomic E-state index is -0.956. The molecule has 2 rings (SSSR count). The number of carboxylic acids is 1. The second kappa shape index (κ2) is 5.60. The molecule has 1 aromatic rings. The van der Waals surface area contributed by atoms with Crippen molar-refractivity contribution in [3.8, 4) is 5.75 Å². The van der Waals surface area contributed by atoms with E-state index in [1.165, 1.54) is 4.90 Å². The van der Waals surface area contributed by atoms with Crippen molar-refractivity contribution in [1.82, 2.24) is 4.90 Å². The lowest BCUT2D eigenvalue weighted by Gasteiger charge is -2.21. The van der Waals surface area contributed by atoms with Gasteiger partial charge in [0.1, 0.15) is 11.8 Å². The van der Waals surface area contributed by atoms with E-state index in [9.17, 15) is 9.59 Å². The molecule has 1 atom stereocenters. The van der Waals surface area contributed by atoms with Crippen molar-refractivity contribution < 1.29 is 19.4 Å². The highest BCUT2D eigenvalue weighted by Crippen LogP contribution is 2.20. The number of nitrogens with zero attached hydrogens (tertiary/aromatic N) is 1. The lowest BCUT2D eigenvalue weighted by atomic mass is 10.2. The summed E-state index contributed by atoms with van der Waals surface area (Å²) >= 11 is 0. The topological polar surface area (TPSA) is 78.9 Å². The number of rotatable bonds is 3. The van der Waals surface area contributed by atoms with Crippen LogP contribution in [0, 0.1) is 0 Å². The quantitative estimate of drug-likeness (QED) is 0.872. The Balaban J connectivity index is 2.01. The first-order chi connectivity index (χ1) is 9.11. The molecule has 19 heavy (non-hydrogen) atoms. The van der Waals surface area contributed by atoms with Crippen LogP contribution >= 0.6 is 0 Å². The largest absolute Gasteiger partial charge is 0.497 e. The van der Waals surface area contributed by atoms with Gasteiger partial charge in [0, 0.05) is 12.2 Å². The molecule has 0 saturated carbocycles. The number of ether oxygens (including phenoxy) is 1. The molecule has 6 heteroatoms. The number of benzene rings is 1. The van der Waals surface area contributed by atoms with Gasteiger partial charge >= 0.3 is 12.0 Å². The summed E-state index contributed by atoms with van der Waals surface area (Å²) in [6, 6.07) is 5.78. The second-order valence-electron chi connectivity index (χ2n) is 4.35. The Hall–Kier alpha value is -2.24. The maximum Gasteiger partial charge on any atom is 0.326 e. The fourth-order valence-electron chi connectivity index (χ4n) is 2.14. The van der Waals surface area contributed by atoms with Crippen LogP contribution in [-0.4, -0.2) is 41.7 Å². The number of hydrogen-bond donors (Lipinski definition) is 2. The third kappa shape index (κ3) is 2.96. The normalized spacial score (nSPS) is 18.2. The van der Waals surface area contributed by atoms with E-state index < -0.39 is 12.0 Å². The van der Waals surface area contributed by atoms with Gasteiger partial charge in [-0.05, 0) is 37.1 Å². The zero-order valence-corrected chi connectivity index (χ0v) is 10.6. The average Bonchev–Trinajstić information content (AvgIpc) is 2.89. The van der Waals surface area contributed by atoms with Crippen LogP contribution < -0.4 is 10.1 Å². The van der Waals surface area contributed by atoms with Crippen LogP contribution in [-0.2, 0) is 4.79 Å². The minimum absolute atomic E-state index is 0.380. The number of hydrogen-bond acceptors (Lipinski definition) is 3. The van der Waals surface area contributed by atoms with Gasteiger partial charge in [-0.3, -0.25) is 0 Å². The zero-order valence-electron chi connectivity index (χ0n) is 10.6. The lowest BCUT2D eigenvalue weighted by molar-refractivity contribution is -0.141. The smallest absolute Gasteiger partial charge is 0.326 e. The molecule has 0 spiro atoms. The van der Waals surface area contributed by atoms with E-state index in [2.05, 4.69) is 5.32 Å². The molecular weight excluding hydrogens is 248 g/mol. The molecule has 1 fully saturated rings. The summed E-state index contributed by atoms with van der Waals surface area (Å²) in [5.74, 6) is -0.259. The third-order valence-electron chi connectivity index (χ3n) is 3.14. The zero-order chi connectivity index (χ0) is 13.8. The Bertz CT molecular complexity index is 472. The van der Waals surface area contributed by atoms with Crippen LogP contribution in [0.1, 0.15) is 12.8 Å². The number of nitrogens with one attached hydrogen (secondary N) is 1. The maximum atomic E-state index is 12.0. The number of likely N-dealkylation sites (tertiary alicyclic amines) is 1. The highest BCUT2D eigenvalue weighted by Gasteiger charge is 2.33. The predicted molar refractivity (Wildman–Crippen MR) is 69.4 cm³/mol. The van der Waals surface area contributed by atoms with Crippen LogP contribution in [0.25, 0.3) is 0 Å². The highest BCUT2D eigenvalue weighted by atomic mass is 16.5. The number of aliphatic carboxylic acids is 1. The fourth-order valence-corrected chi connectivity index (χ4v) is 2.14. The molecule has 1 heterocycles. The van der Waals surface area contributed by atoms with Gasteiger partial charge in [-0.25, -0.2) is 9.59 Å². The molecular formula is C13H16N2O4. The molecule has 0 radical (unpaired) electrons. The summed E-state index contributed by atoms with van der Waals surface area (Å²) in [4.78, 5) is 24.4.